The lowest BCUT2D eigenvalue weighted by Gasteiger charge is -2.35. The highest BCUT2D eigenvalue weighted by atomic mass is 16.7. The second kappa shape index (κ2) is 7.21. The molecule has 10 nitrogen and oxygen atoms in total. The van der Waals surface area contributed by atoms with E-state index in [0.717, 1.165) is 26.7 Å². The molecule has 30 heavy (non-hydrogen) atoms. The summed E-state index contributed by atoms with van der Waals surface area (Å²) in [6.07, 6.45) is 0.650. The molecule has 1 aromatic carbocycles. The molecule has 1 aromatic heterocycles. The summed E-state index contributed by atoms with van der Waals surface area (Å²) in [4.78, 5) is 39.7. The molecule has 1 atom stereocenters. The van der Waals surface area contributed by atoms with Gasteiger partial charge in [-0.1, -0.05) is 0 Å². The molecule has 0 amide bonds. The second-order valence-electron chi connectivity index (χ2n) is 7.49. The maximum absolute atomic E-state index is 13.1. The molecule has 10 heteroatoms. The van der Waals surface area contributed by atoms with Gasteiger partial charge >= 0.3 is 5.69 Å². The molecule has 2 aromatic rings. The first-order valence-electron chi connectivity index (χ1n) is 9.48. The number of methoxy groups -OCH3 is 1. The summed E-state index contributed by atoms with van der Waals surface area (Å²) in [7, 11) is 5.98. The number of nitrogens with zero attached hydrogens (tertiary/aromatic N) is 3. The molecule has 4 rings (SSSR count). The second-order valence-corrected chi connectivity index (χ2v) is 7.49. The number of carbonyl (C=O) groups is 1. The van der Waals surface area contributed by atoms with Crippen molar-refractivity contribution in [2.45, 2.75) is 18.9 Å². The van der Waals surface area contributed by atoms with Crippen molar-refractivity contribution in [3.63, 3.8) is 0 Å². The average molecular weight is 417 g/mol. The molecule has 0 fully saturated rings. The first-order valence-corrected chi connectivity index (χ1v) is 9.48. The summed E-state index contributed by atoms with van der Waals surface area (Å²) in [6, 6.07) is 1.49. The van der Waals surface area contributed by atoms with Crippen LogP contribution in [0, 0.1) is 0 Å². The first-order chi connectivity index (χ1) is 14.3. The molecule has 0 radical (unpaired) electrons. The zero-order chi connectivity index (χ0) is 21.7. The Bertz CT molecular complexity index is 1160. The van der Waals surface area contributed by atoms with Crippen LogP contribution in [0.3, 0.4) is 0 Å². The van der Waals surface area contributed by atoms with E-state index in [1.807, 2.05) is 18.0 Å². The number of ketones is 1. The minimum absolute atomic E-state index is 0.0828. The zero-order valence-electron chi connectivity index (χ0n) is 17.2. The minimum Gasteiger partial charge on any atom is -0.494 e. The molecule has 0 saturated heterocycles. The van der Waals surface area contributed by atoms with Crippen molar-refractivity contribution >= 4 is 5.78 Å². The SMILES string of the molecule is COc1c2c(cc3c1[C@H](CC(=O)c1c(O)n(C)c(=O)n(C)c1=O)N(C)CC3)OCO2. The molecule has 2 aliphatic heterocycles. The van der Waals surface area contributed by atoms with Crippen LogP contribution in [-0.2, 0) is 20.5 Å². The topological polar surface area (TPSA) is 112 Å². The molecule has 160 valence electrons. The Morgan fingerprint density at radius 3 is 2.67 bits per heavy atom. The van der Waals surface area contributed by atoms with Gasteiger partial charge in [0.05, 0.1) is 7.11 Å². The van der Waals surface area contributed by atoms with Crippen LogP contribution in [0.4, 0.5) is 0 Å². The van der Waals surface area contributed by atoms with Crippen LogP contribution in [0.5, 0.6) is 23.1 Å². The number of hydrogen-bond acceptors (Lipinski definition) is 8. The molecule has 0 aliphatic carbocycles. The smallest absolute Gasteiger partial charge is 0.333 e. The van der Waals surface area contributed by atoms with Crippen molar-refractivity contribution in [1.29, 1.82) is 0 Å². The Labute approximate surface area is 171 Å². The molecule has 0 bridgehead atoms. The molecular formula is C20H23N3O7. The molecule has 2 aliphatic rings. The monoisotopic (exact) mass is 417 g/mol. The van der Waals surface area contributed by atoms with Crippen molar-refractivity contribution in [2.75, 3.05) is 27.5 Å². The van der Waals surface area contributed by atoms with Gasteiger partial charge < -0.3 is 19.3 Å². The summed E-state index contributed by atoms with van der Waals surface area (Å²) in [6.45, 7) is 0.779. The standard InChI is InChI=1S/C20H23N3O7/c1-21-6-5-10-7-13-16(30-9-29-13)17(28-4)14(10)11(21)8-12(24)15-18(25)22(2)20(27)23(3)19(15)26/h7,11,25H,5-6,8-9H2,1-4H3/t11-/m0/s1. The van der Waals surface area contributed by atoms with Gasteiger partial charge in [-0.05, 0) is 25.1 Å². The minimum atomic E-state index is -0.822. The van der Waals surface area contributed by atoms with E-state index in [0.29, 0.717) is 23.8 Å². The third-order valence-corrected chi connectivity index (χ3v) is 5.84. The van der Waals surface area contributed by atoms with E-state index >= 15 is 0 Å². The fraction of sp³-hybridized carbons (Fsp3) is 0.450. The maximum Gasteiger partial charge on any atom is 0.333 e. The predicted molar refractivity (Wildman–Crippen MR) is 106 cm³/mol. The molecule has 1 N–H and O–H groups in total. The number of ether oxygens (including phenoxy) is 3. The fourth-order valence-corrected chi connectivity index (χ4v) is 4.14. The van der Waals surface area contributed by atoms with Gasteiger partial charge in [0, 0.05) is 38.7 Å². The van der Waals surface area contributed by atoms with E-state index in [1.54, 1.807) is 0 Å². The number of rotatable bonds is 4. The summed E-state index contributed by atoms with van der Waals surface area (Å²) in [5, 5.41) is 10.3. The lowest BCUT2D eigenvalue weighted by Crippen LogP contribution is -2.41. The van der Waals surface area contributed by atoms with Crippen molar-refractivity contribution < 1.29 is 24.1 Å². The van der Waals surface area contributed by atoms with Crippen LogP contribution in [0.15, 0.2) is 15.7 Å². The number of Topliss-reactive ketones (excluding diaryl/α,β-unsaturated/α-hetero) is 1. The van der Waals surface area contributed by atoms with Gasteiger partial charge in [0.1, 0.15) is 5.56 Å². The lowest BCUT2D eigenvalue weighted by molar-refractivity contribution is 0.0918. The average Bonchev–Trinajstić information content (AvgIpc) is 3.19. The van der Waals surface area contributed by atoms with Crippen molar-refractivity contribution in [1.82, 2.24) is 14.0 Å². The van der Waals surface area contributed by atoms with Crippen LogP contribution in [0.25, 0.3) is 0 Å². The van der Waals surface area contributed by atoms with Gasteiger partial charge in [-0.15, -0.1) is 0 Å². The van der Waals surface area contributed by atoms with E-state index in [9.17, 15) is 19.5 Å². The number of hydrogen-bond donors (Lipinski definition) is 1. The highest BCUT2D eigenvalue weighted by Crippen LogP contribution is 2.50. The van der Waals surface area contributed by atoms with E-state index in [2.05, 4.69) is 0 Å². The van der Waals surface area contributed by atoms with Crippen LogP contribution in [0.1, 0.15) is 33.9 Å². The largest absolute Gasteiger partial charge is 0.494 e. The van der Waals surface area contributed by atoms with Gasteiger partial charge in [-0.25, -0.2) is 4.79 Å². The van der Waals surface area contributed by atoms with Crippen LogP contribution >= 0.6 is 0 Å². The summed E-state index contributed by atoms with van der Waals surface area (Å²) in [5.41, 5.74) is -0.157. The van der Waals surface area contributed by atoms with E-state index in [-0.39, 0.29) is 13.2 Å². The third kappa shape index (κ3) is 2.86. The number of fused-ring (bicyclic) bond motifs is 2. The quantitative estimate of drug-likeness (QED) is 0.709. The van der Waals surface area contributed by atoms with E-state index < -0.39 is 34.5 Å². The normalized spacial score (nSPS) is 17.7. The molecule has 3 heterocycles. The van der Waals surface area contributed by atoms with Crippen molar-refractivity contribution in [2.24, 2.45) is 14.1 Å². The number of aromatic nitrogens is 2. The van der Waals surface area contributed by atoms with Crippen LogP contribution < -0.4 is 25.5 Å². The fourth-order valence-electron chi connectivity index (χ4n) is 4.14. The highest BCUT2D eigenvalue weighted by molar-refractivity contribution is 5.98. The number of benzene rings is 1. The Hall–Kier alpha value is -3.27. The summed E-state index contributed by atoms with van der Waals surface area (Å²) in [5.74, 6) is 0.397. The van der Waals surface area contributed by atoms with Gasteiger partial charge in [0.2, 0.25) is 18.4 Å². The number of aromatic hydroxyl groups is 1. The van der Waals surface area contributed by atoms with E-state index in [1.165, 1.54) is 21.2 Å². The number of likely N-dealkylation sites (N-methyl/N-ethyl adjacent to an activating group) is 1. The summed E-state index contributed by atoms with van der Waals surface area (Å²) < 4.78 is 18.4. The molecular weight excluding hydrogens is 394 g/mol. The maximum atomic E-state index is 13.1. The first kappa shape index (κ1) is 20.0. The molecule has 0 spiro atoms. The van der Waals surface area contributed by atoms with Crippen molar-refractivity contribution in [3.8, 4) is 23.1 Å². The zero-order valence-corrected chi connectivity index (χ0v) is 17.2. The predicted octanol–water partition coefficient (Wildman–Crippen LogP) is 0.329. The van der Waals surface area contributed by atoms with Gasteiger partial charge in [0.15, 0.2) is 17.3 Å². The summed E-state index contributed by atoms with van der Waals surface area (Å²) >= 11 is 0. The van der Waals surface area contributed by atoms with Gasteiger partial charge in [-0.3, -0.25) is 23.6 Å². The highest BCUT2D eigenvalue weighted by Gasteiger charge is 2.36. The Kier molecular flexibility index (Phi) is 4.81. The Balaban J connectivity index is 1.80. The molecule has 0 unspecified atom stereocenters. The van der Waals surface area contributed by atoms with E-state index in [4.69, 9.17) is 14.2 Å². The molecule has 0 saturated carbocycles. The third-order valence-electron chi connectivity index (χ3n) is 5.84. The van der Waals surface area contributed by atoms with Crippen molar-refractivity contribution in [3.05, 3.63) is 43.6 Å². The van der Waals surface area contributed by atoms with Gasteiger partial charge in [-0.2, -0.15) is 0 Å². The van der Waals surface area contributed by atoms with Crippen LogP contribution in [-0.4, -0.2) is 52.4 Å². The Morgan fingerprint density at radius 2 is 1.97 bits per heavy atom. The Morgan fingerprint density at radius 1 is 1.23 bits per heavy atom. The van der Waals surface area contributed by atoms with Gasteiger partial charge in [0.25, 0.3) is 5.56 Å². The lowest BCUT2D eigenvalue weighted by atomic mass is 9.87. The van der Waals surface area contributed by atoms with Crippen LogP contribution in [0.2, 0.25) is 0 Å². The number of carbonyl (C=O) groups excluding carboxylic acids is 1.